The third-order valence-corrected chi connectivity index (χ3v) is 13.9. The van der Waals surface area contributed by atoms with E-state index in [4.69, 9.17) is 67.3 Å². The minimum absolute atomic E-state index is 0.0113. The second kappa shape index (κ2) is 53.0. The molecule has 35 heteroatoms. The zero-order valence-electron chi connectivity index (χ0n) is 64.3. The lowest BCUT2D eigenvalue weighted by molar-refractivity contribution is -0.156. The van der Waals surface area contributed by atoms with Crippen LogP contribution in [0.3, 0.4) is 0 Å². The SMILES string of the molecule is CC(C)(C)OC(=O)C[C@@H]1NC(=O)CNC(=O)[C@H](CCCN=C(NC(=O)OC(C)(C)C)NC(=O)OC(C)(C)C)NC(=O)[C@H](CCCCNC(=O)CCCCCNC(=O)CCOCCOCCOCCOCCOCCOCCOCCOCCN)NC(=O)[C@@H](Cc2ccc(OC(=O)OC(C)(C)C)cc2)NC1=O. The van der Waals surface area contributed by atoms with Gasteiger partial charge in [-0.05, 0) is 146 Å². The first-order valence-electron chi connectivity index (χ1n) is 36.2. The number of nitrogens with one attached hydrogen (secondary N) is 9. The number of benzene rings is 1. The van der Waals surface area contributed by atoms with E-state index in [1.165, 1.54) is 24.3 Å². The lowest BCUT2D eigenvalue weighted by Crippen LogP contribution is -2.58. The zero-order chi connectivity index (χ0) is 78.8. The highest BCUT2D eigenvalue weighted by Crippen LogP contribution is 2.18. The highest BCUT2D eigenvalue weighted by Gasteiger charge is 2.35. The number of unbranched alkanes of at least 4 members (excludes halogenated alkanes) is 3. The van der Waals surface area contributed by atoms with Crippen LogP contribution in [0.5, 0.6) is 5.75 Å². The Balaban J connectivity index is 2.07. The number of guanidine groups is 1. The molecule has 0 bridgehead atoms. The fourth-order valence-electron chi connectivity index (χ4n) is 9.14. The van der Waals surface area contributed by atoms with Gasteiger partial charge in [0, 0.05) is 45.4 Å². The Morgan fingerprint density at radius 1 is 0.453 bits per heavy atom. The van der Waals surface area contributed by atoms with E-state index >= 15 is 0 Å². The maximum absolute atomic E-state index is 14.7. The van der Waals surface area contributed by atoms with Crippen LogP contribution in [-0.2, 0) is 102 Å². The minimum atomic E-state index is -1.66. The van der Waals surface area contributed by atoms with Crippen LogP contribution in [0.2, 0.25) is 0 Å². The Kier molecular flexibility index (Phi) is 47.1. The summed E-state index contributed by atoms with van der Waals surface area (Å²) in [6.07, 6.45) is -1.36. The van der Waals surface area contributed by atoms with Crippen LogP contribution in [-0.4, -0.2) is 257 Å². The number of alkyl carbamates (subject to hydrolysis) is 2. The fraction of sp³-hybridized carbons (Fsp3) is 0.746. The highest BCUT2D eigenvalue weighted by atomic mass is 16.7. The van der Waals surface area contributed by atoms with Crippen LogP contribution in [0.15, 0.2) is 29.3 Å². The molecule has 0 saturated carbocycles. The first-order chi connectivity index (χ1) is 50.1. The average molecular weight is 1510 g/mol. The summed E-state index contributed by atoms with van der Waals surface area (Å²) >= 11 is 0. The number of amides is 9. The van der Waals surface area contributed by atoms with Crippen molar-refractivity contribution in [1.29, 1.82) is 0 Å². The fourth-order valence-corrected chi connectivity index (χ4v) is 9.14. The van der Waals surface area contributed by atoms with Gasteiger partial charge in [0.05, 0.1) is 119 Å². The number of rotatable bonds is 46. The molecule has 0 aliphatic carbocycles. The van der Waals surface area contributed by atoms with Crippen molar-refractivity contribution in [3.8, 4) is 5.75 Å². The molecule has 2 rings (SSSR count). The van der Waals surface area contributed by atoms with Gasteiger partial charge in [0.25, 0.3) is 0 Å². The van der Waals surface area contributed by atoms with Gasteiger partial charge in [-0.3, -0.25) is 54.0 Å². The van der Waals surface area contributed by atoms with Crippen molar-refractivity contribution in [2.24, 2.45) is 10.7 Å². The first-order valence-corrected chi connectivity index (χ1v) is 36.2. The monoisotopic (exact) mass is 1510 g/mol. The van der Waals surface area contributed by atoms with Crippen molar-refractivity contribution < 1.29 is 114 Å². The van der Waals surface area contributed by atoms with Gasteiger partial charge in [0.15, 0.2) is 0 Å². The number of ether oxygens (including phenoxy) is 13. The van der Waals surface area contributed by atoms with E-state index in [0.29, 0.717) is 143 Å². The summed E-state index contributed by atoms with van der Waals surface area (Å²) in [6.45, 7) is 26.5. The molecule has 106 heavy (non-hydrogen) atoms. The molecule has 1 heterocycles. The topological polar surface area (TPSA) is 454 Å². The molecular weight excluding hydrogens is 1390 g/mol. The molecule has 1 aromatic carbocycles. The Morgan fingerprint density at radius 2 is 0.868 bits per heavy atom. The second-order valence-corrected chi connectivity index (χ2v) is 28.3. The molecule has 9 amide bonds. The number of aliphatic imine (C=N–C) groups is 1. The van der Waals surface area contributed by atoms with Gasteiger partial charge < -0.3 is 105 Å². The maximum Gasteiger partial charge on any atom is 0.514 e. The Hall–Kier alpha value is -7.90. The van der Waals surface area contributed by atoms with Gasteiger partial charge in [0.2, 0.25) is 47.3 Å². The predicted octanol–water partition coefficient (Wildman–Crippen LogP) is 2.97. The molecule has 0 spiro atoms. The van der Waals surface area contributed by atoms with E-state index in [1.807, 2.05) is 0 Å². The smallest absolute Gasteiger partial charge is 0.460 e. The van der Waals surface area contributed by atoms with Crippen LogP contribution in [0, 0.1) is 0 Å². The van der Waals surface area contributed by atoms with E-state index in [0.717, 1.165) is 0 Å². The Bertz CT molecular complexity index is 2790. The van der Waals surface area contributed by atoms with Crippen LogP contribution >= 0.6 is 0 Å². The maximum atomic E-state index is 14.7. The van der Waals surface area contributed by atoms with E-state index in [1.54, 1.807) is 83.1 Å². The van der Waals surface area contributed by atoms with Crippen molar-refractivity contribution in [1.82, 2.24) is 47.9 Å². The van der Waals surface area contributed by atoms with Gasteiger partial charge in [-0.2, -0.15) is 0 Å². The molecule has 1 fully saturated rings. The van der Waals surface area contributed by atoms with Crippen molar-refractivity contribution in [3.63, 3.8) is 0 Å². The van der Waals surface area contributed by atoms with Crippen molar-refractivity contribution in [3.05, 3.63) is 29.8 Å². The van der Waals surface area contributed by atoms with Crippen molar-refractivity contribution in [2.45, 2.75) is 207 Å². The number of carbonyl (C=O) groups is 11. The number of hydrogen-bond acceptors (Lipinski definition) is 26. The summed E-state index contributed by atoms with van der Waals surface area (Å²) in [4.78, 5) is 152. The molecule has 604 valence electrons. The molecule has 0 radical (unpaired) electrons. The van der Waals surface area contributed by atoms with E-state index < -0.39 is 113 Å². The molecule has 1 aliphatic heterocycles. The molecule has 11 N–H and O–H groups in total. The molecule has 1 aliphatic rings. The predicted molar refractivity (Wildman–Crippen MR) is 387 cm³/mol. The number of esters is 1. The third kappa shape index (κ3) is 51.3. The summed E-state index contributed by atoms with van der Waals surface area (Å²) < 4.78 is 70.3. The standard InChI is InChI=1S/C71H121N11O24/c1-68(2,3)103-59(86)48-55-63(90)80-54(47-50-22-24-51(25-23-50)102-67(93)106-71(10,11)12)62(89)79-53(61(88)78-52(60(87)76-49-58(85)77-55)20-18-30-75-64(81-65(91)104-69(4,5)6)82-66(92)105-70(7,8)9)19-15-17-29-73-56(83)21-14-13-16-28-74-57(84)26-31-94-33-35-96-37-39-98-41-43-100-45-46-101-44-42-99-40-38-97-36-34-95-32-27-72/h22-25,52-55H,13-21,26-49,72H2,1-12H3,(H,73,83)(H,74,84)(H,76,87)(H,77,85)(H,78,88)(H,79,89)(H,80,90)(H2,75,81,82,91,92)/t52-,53-,54+,55-/m0/s1. The van der Waals surface area contributed by atoms with Gasteiger partial charge in [-0.1, -0.05) is 18.6 Å². The molecule has 35 nitrogen and oxygen atoms in total. The molecule has 0 unspecified atom stereocenters. The molecule has 4 atom stereocenters. The van der Waals surface area contributed by atoms with Gasteiger partial charge in [-0.25, -0.2) is 14.4 Å². The van der Waals surface area contributed by atoms with E-state index in [2.05, 4.69) is 52.8 Å². The van der Waals surface area contributed by atoms with Crippen molar-refractivity contribution >= 4 is 71.6 Å². The second-order valence-electron chi connectivity index (χ2n) is 28.3. The summed E-state index contributed by atoms with van der Waals surface area (Å²) in [5.41, 5.74) is 2.05. The van der Waals surface area contributed by atoms with Crippen LogP contribution in [0.25, 0.3) is 0 Å². The molecule has 1 aromatic rings. The van der Waals surface area contributed by atoms with Crippen LogP contribution in [0.1, 0.15) is 159 Å². The van der Waals surface area contributed by atoms with Gasteiger partial charge in [-0.15, -0.1) is 0 Å². The first kappa shape index (κ1) is 94.2. The Morgan fingerprint density at radius 3 is 1.35 bits per heavy atom. The molecule has 1 saturated heterocycles. The largest absolute Gasteiger partial charge is 0.514 e. The highest BCUT2D eigenvalue weighted by molar-refractivity contribution is 6.01. The lowest BCUT2D eigenvalue weighted by atomic mass is 10.0. The number of nitrogens with zero attached hydrogens (tertiary/aromatic N) is 1. The quantitative estimate of drug-likeness (QED) is 0.0112. The molecular formula is C71H121N11O24. The lowest BCUT2D eigenvalue weighted by Gasteiger charge is -2.26. The third-order valence-electron chi connectivity index (χ3n) is 13.9. The summed E-state index contributed by atoms with van der Waals surface area (Å²) in [5, 5.41) is 23.4. The van der Waals surface area contributed by atoms with Gasteiger partial charge >= 0.3 is 24.3 Å². The van der Waals surface area contributed by atoms with E-state index in [9.17, 15) is 52.7 Å². The summed E-state index contributed by atoms with van der Waals surface area (Å²) in [5.74, 6) is -6.11. The van der Waals surface area contributed by atoms with Crippen LogP contribution in [0.4, 0.5) is 14.4 Å². The number of carbonyl (C=O) groups excluding carboxylic acids is 11. The van der Waals surface area contributed by atoms with Crippen LogP contribution < -0.4 is 58.3 Å². The van der Waals surface area contributed by atoms with Gasteiger partial charge in [0.1, 0.15) is 52.3 Å². The molecule has 0 aromatic heterocycles. The number of nitrogens with two attached hydrogens (primary N) is 1. The normalized spacial score (nSPS) is 16.3. The zero-order valence-corrected chi connectivity index (χ0v) is 64.3. The Labute approximate surface area is 623 Å². The van der Waals surface area contributed by atoms with Crippen molar-refractivity contribution in [2.75, 3.05) is 138 Å². The van der Waals surface area contributed by atoms with E-state index in [-0.39, 0.29) is 88.2 Å². The minimum Gasteiger partial charge on any atom is -0.460 e. The number of hydrogen-bond donors (Lipinski definition) is 10. The summed E-state index contributed by atoms with van der Waals surface area (Å²) in [6, 6.07) is -0.0925. The summed E-state index contributed by atoms with van der Waals surface area (Å²) in [7, 11) is 0. The average Bonchev–Trinajstić information content (AvgIpc) is 1.69.